The van der Waals surface area contributed by atoms with Crippen LogP contribution >= 0.6 is 0 Å². The van der Waals surface area contributed by atoms with Crippen LogP contribution < -0.4 is 10.1 Å². The van der Waals surface area contributed by atoms with Gasteiger partial charge in [-0.3, -0.25) is 4.79 Å². The highest BCUT2D eigenvalue weighted by Crippen LogP contribution is 2.30. The van der Waals surface area contributed by atoms with Gasteiger partial charge in [-0.05, 0) is 55.9 Å². The minimum Gasteiger partial charge on any atom is -0.496 e. The lowest BCUT2D eigenvalue weighted by molar-refractivity contribution is -0.126. The maximum atomic E-state index is 13.0. The SMILES string of the molecule is COc1cc(C)c(S(=O)(=O)N2CCC(C(=O)NCC(C)C)CC2)cc1C. The number of carbonyl (C=O) groups excluding carboxylic acids is 1. The predicted octanol–water partition coefficient (Wildman–Crippen LogP) is 2.48. The molecule has 146 valence electrons. The Bertz CT molecular complexity index is 751. The smallest absolute Gasteiger partial charge is 0.243 e. The second-order valence-electron chi connectivity index (χ2n) is 7.40. The van der Waals surface area contributed by atoms with Crippen molar-refractivity contribution in [3.05, 3.63) is 23.3 Å². The van der Waals surface area contributed by atoms with Gasteiger partial charge in [-0.25, -0.2) is 8.42 Å². The fourth-order valence-corrected chi connectivity index (χ4v) is 4.97. The molecule has 0 aliphatic carbocycles. The lowest BCUT2D eigenvalue weighted by Crippen LogP contribution is -2.43. The number of nitrogens with zero attached hydrogens (tertiary/aromatic N) is 1. The molecule has 1 saturated heterocycles. The molecule has 0 atom stereocenters. The van der Waals surface area contributed by atoms with Gasteiger partial charge < -0.3 is 10.1 Å². The van der Waals surface area contributed by atoms with Crippen LogP contribution in [-0.4, -0.2) is 45.4 Å². The van der Waals surface area contributed by atoms with Crippen LogP contribution in [0.15, 0.2) is 17.0 Å². The Labute approximate surface area is 157 Å². The van der Waals surface area contributed by atoms with Gasteiger partial charge in [0.05, 0.1) is 12.0 Å². The molecule has 0 saturated carbocycles. The molecule has 0 radical (unpaired) electrons. The molecule has 1 fully saturated rings. The van der Waals surface area contributed by atoms with Crippen LogP contribution in [0, 0.1) is 25.7 Å². The maximum absolute atomic E-state index is 13.0. The number of sulfonamides is 1. The summed E-state index contributed by atoms with van der Waals surface area (Å²) in [6, 6.07) is 3.43. The first-order valence-electron chi connectivity index (χ1n) is 9.10. The molecule has 6 nitrogen and oxygen atoms in total. The molecule has 26 heavy (non-hydrogen) atoms. The minimum absolute atomic E-state index is 0.0345. The van der Waals surface area contributed by atoms with E-state index in [1.807, 2.05) is 6.92 Å². The molecule has 0 bridgehead atoms. The Balaban J connectivity index is 2.09. The number of ether oxygens (including phenoxy) is 1. The number of rotatable bonds is 6. The molecule has 1 aromatic rings. The molecule has 1 heterocycles. The zero-order valence-corrected chi connectivity index (χ0v) is 17.1. The number of methoxy groups -OCH3 is 1. The summed E-state index contributed by atoms with van der Waals surface area (Å²) in [5.41, 5.74) is 1.46. The van der Waals surface area contributed by atoms with E-state index < -0.39 is 10.0 Å². The summed E-state index contributed by atoms with van der Waals surface area (Å²) in [7, 11) is -1.99. The normalized spacial score (nSPS) is 16.7. The number of carbonyl (C=O) groups is 1. The van der Waals surface area contributed by atoms with Gasteiger partial charge in [-0.15, -0.1) is 0 Å². The van der Waals surface area contributed by atoms with E-state index in [0.717, 1.165) is 5.56 Å². The Morgan fingerprint density at radius 3 is 2.38 bits per heavy atom. The first-order valence-corrected chi connectivity index (χ1v) is 10.5. The van der Waals surface area contributed by atoms with E-state index >= 15 is 0 Å². The van der Waals surface area contributed by atoms with Crippen LogP contribution in [0.4, 0.5) is 0 Å². The summed E-state index contributed by atoms with van der Waals surface area (Å²) in [6.07, 6.45) is 1.11. The van der Waals surface area contributed by atoms with E-state index in [0.29, 0.717) is 54.6 Å². The van der Waals surface area contributed by atoms with Gasteiger partial charge in [0.15, 0.2) is 0 Å². The Hall–Kier alpha value is -1.60. The van der Waals surface area contributed by atoms with E-state index in [1.165, 1.54) is 4.31 Å². The molecule has 1 aliphatic heterocycles. The lowest BCUT2D eigenvalue weighted by Gasteiger charge is -2.31. The zero-order chi connectivity index (χ0) is 19.5. The molecule has 0 aromatic heterocycles. The highest BCUT2D eigenvalue weighted by atomic mass is 32.2. The number of nitrogens with one attached hydrogen (secondary N) is 1. The molecular weight excluding hydrogens is 352 g/mol. The van der Waals surface area contributed by atoms with Crippen molar-refractivity contribution in [3.63, 3.8) is 0 Å². The van der Waals surface area contributed by atoms with Gasteiger partial charge >= 0.3 is 0 Å². The molecule has 1 N–H and O–H groups in total. The summed E-state index contributed by atoms with van der Waals surface area (Å²) in [5.74, 6) is 1.01. The van der Waals surface area contributed by atoms with Crippen molar-refractivity contribution in [2.75, 3.05) is 26.7 Å². The lowest BCUT2D eigenvalue weighted by atomic mass is 9.97. The van der Waals surface area contributed by atoms with Crippen molar-refractivity contribution in [1.82, 2.24) is 9.62 Å². The zero-order valence-electron chi connectivity index (χ0n) is 16.3. The van der Waals surface area contributed by atoms with Crippen molar-refractivity contribution in [2.45, 2.75) is 45.4 Å². The average Bonchev–Trinajstić information content (AvgIpc) is 2.61. The quantitative estimate of drug-likeness (QED) is 0.820. The fraction of sp³-hybridized carbons (Fsp3) is 0.632. The van der Waals surface area contributed by atoms with Gasteiger partial charge in [-0.2, -0.15) is 4.31 Å². The highest BCUT2D eigenvalue weighted by Gasteiger charge is 2.33. The molecule has 1 aliphatic rings. The monoisotopic (exact) mass is 382 g/mol. The topological polar surface area (TPSA) is 75.7 Å². The van der Waals surface area contributed by atoms with E-state index in [9.17, 15) is 13.2 Å². The standard InChI is InChI=1S/C19H30N2O4S/c1-13(2)12-20-19(22)16-6-8-21(9-7-16)26(23,24)18-11-14(3)17(25-5)10-15(18)4/h10-11,13,16H,6-9,12H2,1-5H3,(H,20,22). The summed E-state index contributed by atoms with van der Waals surface area (Å²) >= 11 is 0. The molecule has 0 spiro atoms. The van der Waals surface area contributed by atoms with E-state index in [1.54, 1.807) is 26.2 Å². The van der Waals surface area contributed by atoms with Crippen molar-refractivity contribution < 1.29 is 17.9 Å². The summed E-state index contributed by atoms with van der Waals surface area (Å²) in [6.45, 7) is 9.10. The Morgan fingerprint density at radius 2 is 1.85 bits per heavy atom. The molecule has 1 amide bonds. The number of piperidine rings is 1. The third-order valence-electron chi connectivity index (χ3n) is 4.82. The van der Waals surface area contributed by atoms with E-state index in [4.69, 9.17) is 4.74 Å². The number of amides is 1. The largest absolute Gasteiger partial charge is 0.496 e. The van der Waals surface area contributed by atoms with Crippen LogP contribution in [0.1, 0.15) is 37.8 Å². The highest BCUT2D eigenvalue weighted by molar-refractivity contribution is 7.89. The van der Waals surface area contributed by atoms with Gasteiger partial charge in [-0.1, -0.05) is 13.8 Å². The molecule has 1 aromatic carbocycles. The third kappa shape index (κ3) is 4.57. The Kier molecular flexibility index (Phi) is 6.69. The summed E-state index contributed by atoms with van der Waals surface area (Å²) in [5, 5.41) is 2.95. The van der Waals surface area contributed by atoms with Crippen molar-refractivity contribution in [1.29, 1.82) is 0 Å². The number of hydrogen-bond donors (Lipinski definition) is 1. The van der Waals surface area contributed by atoms with E-state index in [2.05, 4.69) is 19.2 Å². The number of hydrogen-bond acceptors (Lipinski definition) is 4. The van der Waals surface area contributed by atoms with Crippen molar-refractivity contribution in [2.24, 2.45) is 11.8 Å². The third-order valence-corrected chi connectivity index (χ3v) is 6.86. The molecule has 2 rings (SSSR count). The molecule has 0 unspecified atom stereocenters. The van der Waals surface area contributed by atoms with E-state index in [-0.39, 0.29) is 11.8 Å². The van der Waals surface area contributed by atoms with Gasteiger partial charge in [0.2, 0.25) is 15.9 Å². The summed E-state index contributed by atoms with van der Waals surface area (Å²) < 4.78 is 32.8. The summed E-state index contributed by atoms with van der Waals surface area (Å²) in [4.78, 5) is 12.5. The van der Waals surface area contributed by atoms with Gasteiger partial charge in [0.1, 0.15) is 5.75 Å². The van der Waals surface area contributed by atoms with Crippen molar-refractivity contribution >= 4 is 15.9 Å². The molecular formula is C19H30N2O4S. The Morgan fingerprint density at radius 1 is 1.23 bits per heavy atom. The maximum Gasteiger partial charge on any atom is 0.243 e. The van der Waals surface area contributed by atoms with Gasteiger partial charge in [0.25, 0.3) is 0 Å². The average molecular weight is 383 g/mol. The van der Waals surface area contributed by atoms with Crippen LogP contribution in [0.5, 0.6) is 5.75 Å². The van der Waals surface area contributed by atoms with Crippen LogP contribution in [0.2, 0.25) is 0 Å². The molecule has 7 heteroatoms. The number of aryl methyl sites for hydroxylation is 2. The van der Waals surface area contributed by atoms with Crippen LogP contribution in [0.25, 0.3) is 0 Å². The van der Waals surface area contributed by atoms with Crippen molar-refractivity contribution in [3.8, 4) is 5.75 Å². The second kappa shape index (κ2) is 8.39. The predicted molar refractivity (Wildman–Crippen MR) is 102 cm³/mol. The van der Waals surface area contributed by atoms with Crippen LogP contribution in [-0.2, 0) is 14.8 Å². The fourth-order valence-electron chi connectivity index (χ4n) is 3.21. The second-order valence-corrected chi connectivity index (χ2v) is 9.31. The van der Waals surface area contributed by atoms with Crippen LogP contribution in [0.3, 0.4) is 0 Å². The number of benzene rings is 1. The van der Waals surface area contributed by atoms with Gasteiger partial charge in [0, 0.05) is 25.6 Å². The minimum atomic E-state index is -3.57. The first kappa shape index (κ1) is 20.7. The first-order chi connectivity index (χ1) is 12.2.